The maximum atomic E-state index is 12.5. The second-order valence-electron chi connectivity index (χ2n) is 7.13. The molecule has 0 bridgehead atoms. The third kappa shape index (κ3) is 2.38. The summed E-state index contributed by atoms with van der Waals surface area (Å²) in [5, 5.41) is 3.13. The summed E-state index contributed by atoms with van der Waals surface area (Å²) in [6, 6.07) is 3.70. The number of nitrogens with two attached hydrogens (primary N) is 1. The first-order valence-corrected chi connectivity index (χ1v) is 9.57. The molecule has 0 aromatic carbocycles. The predicted octanol–water partition coefficient (Wildman–Crippen LogP) is 1.24. The van der Waals surface area contributed by atoms with E-state index < -0.39 is 5.72 Å². The second kappa shape index (κ2) is 6.10. The van der Waals surface area contributed by atoms with Gasteiger partial charge in [0.2, 0.25) is 5.91 Å². The zero-order valence-corrected chi connectivity index (χ0v) is 15.8. The Morgan fingerprint density at radius 1 is 1.40 bits per heavy atom. The molecule has 1 aliphatic carbocycles. The van der Waals surface area contributed by atoms with Gasteiger partial charge >= 0.3 is 0 Å². The number of carbonyl (C=O) groups excluding carboxylic acids is 2. The molecular weight excluding hydrogens is 388 g/mol. The van der Waals surface area contributed by atoms with Crippen molar-refractivity contribution in [3.8, 4) is 0 Å². The van der Waals surface area contributed by atoms with E-state index in [2.05, 4.69) is 21.2 Å². The van der Waals surface area contributed by atoms with Gasteiger partial charge in [-0.2, -0.15) is 0 Å². The maximum absolute atomic E-state index is 12.5. The molecular formula is C17H23BrN4O3. The van der Waals surface area contributed by atoms with Crippen LogP contribution in [0.15, 0.2) is 16.7 Å². The van der Waals surface area contributed by atoms with Gasteiger partial charge in [-0.1, -0.05) is 0 Å². The summed E-state index contributed by atoms with van der Waals surface area (Å²) >= 11 is 3.56. The molecule has 3 N–H and O–H groups in total. The number of carbonyl (C=O) groups is 2. The summed E-state index contributed by atoms with van der Waals surface area (Å²) < 4.78 is 9.26. The predicted molar refractivity (Wildman–Crippen MR) is 94.9 cm³/mol. The van der Waals surface area contributed by atoms with Gasteiger partial charge in [-0.15, -0.1) is 0 Å². The van der Waals surface area contributed by atoms with E-state index in [4.69, 9.17) is 10.5 Å². The number of hydrogen-bond donors (Lipinski definition) is 2. The Morgan fingerprint density at radius 3 is 2.96 bits per heavy atom. The molecule has 0 spiro atoms. The number of amides is 2. The number of nitrogens with one attached hydrogen (secondary N) is 1. The molecule has 2 aliphatic heterocycles. The third-order valence-electron chi connectivity index (χ3n) is 5.95. The van der Waals surface area contributed by atoms with Crippen molar-refractivity contribution in [1.82, 2.24) is 14.8 Å². The molecule has 7 nitrogen and oxygen atoms in total. The average molecular weight is 411 g/mol. The fourth-order valence-electron chi connectivity index (χ4n) is 4.71. The molecule has 3 heterocycles. The fraction of sp³-hybridized carbons (Fsp3) is 0.647. The first-order valence-electron chi connectivity index (χ1n) is 8.78. The zero-order valence-electron chi connectivity index (χ0n) is 14.2. The highest BCUT2D eigenvalue weighted by molar-refractivity contribution is 9.10. The van der Waals surface area contributed by atoms with Crippen LogP contribution in [0, 0.1) is 5.92 Å². The minimum Gasteiger partial charge on any atom is -0.355 e. The minimum absolute atomic E-state index is 0.0423. The summed E-state index contributed by atoms with van der Waals surface area (Å²) in [6.45, 7) is 1.20. The number of likely N-dealkylation sites (tertiary alicyclic amines) is 1. The smallest absolute Gasteiger partial charge is 0.268 e. The van der Waals surface area contributed by atoms with E-state index in [9.17, 15) is 9.59 Å². The molecule has 1 aromatic heterocycles. The number of nitrogens with zero attached hydrogens (tertiary/aromatic N) is 2. The zero-order chi connectivity index (χ0) is 17.8. The van der Waals surface area contributed by atoms with E-state index >= 15 is 0 Å². The van der Waals surface area contributed by atoms with Crippen LogP contribution in [0.25, 0.3) is 0 Å². The van der Waals surface area contributed by atoms with Gasteiger partial charge in [-0.3, -0.25) is 9.59 Å². The molecule has 0 unspecified atom stereocenters. The van der Waals surface area contributed by atoms with Crippen LogP contribution >= 0.6 is 15.9 Å². The van der Waals surface area contributed by atoms with Gasteiger partial charge < -0.3 is 25.3 Å². The topological polar surface area (TPSA) is 89.6 Å². The van der Waals surface area contributed by atoms with E-state index in [0.717, 1.165) is 17.4 Å². The van der Waals surface area contributed by atoms with Crippen molar-refractivity contribution in [3.63, 3.8) is 0 Å². The summed E-state index contributed by atoms with van der Waals surface area (Å²) in [5.41, 5.74) is 5.57. The van der Waals surface area contributed by atoms with Crippen molar-refractivity contribution >= 4 is 27.7 Å². The maximum Gasteiger partial charge on any atom is 0.268 e. The lowest BCUT2D eigenvalue weighted by Gasteiger charge is -2.36. The van der Waals surface area contributed by atoms with Gasteiger partial charge in [-0.25, -0.2) is 0 Å². The van der Waals surface area contributed by atoms with Crippen LogP contribution in [0.1, 0.15) is 42.2 Å². The summed E-state index contributed by atoms with van der Waals surface area (Å²) in [6.07, 6.45) is 2.85. The Hall–Kier alpha value is -1.38. The highest BCUT2D eigenvalue weighted by Crippen LogP contribution is 2.54. The van der Waals surface area contributed by atoms with Crippen LogP contribution in [-0.2, 0) is 9.53 Å². The van der Waals surface area contributed by atoms with Gasteiger partial charge in [-0.05, 0) is 47.4 Å². The molecule has 4 atom stereocenters. The van der Waals surface area contributed by atoms with Crippen molar-refractivity contribution in [3.05, 3.63) is 22.4 Å². The van der Waals surface area contributed by atoms with Crippen LogP contribution in [0.4, 0.5) is 0 Å². The van der Waals surface area contributed by atoms with Gasteiger partial charge in [0.05, 0.1) is 16.7 Å². The van der Waals surface area contributed by atoms with Gasteiger partial charge in [0.15, 0.2) is 0 Å². The fourth-order valence-corrected chi connectivity index (χ4v) is 5.30. The Balaban J connectivity index is 1.68. The molecule has 2 fully saturated rings. The van der Waals surface area contributed by atoms with Crippen LogP contribution in [-0.4, -0.2) is 53.2 Å². The Labute approximate surface area is 155 Å². The van der Waals surface area contributed by atoms with Crippen LogP contribution in [0.5, 0.6) is 0 Å². The monoisotopic (exact) mass is 410 g/mol. The SMILES string of the molecule is CN1C(=O)C[C@H]2[C@@H]3NC(=O)c4ccc(Br)n4[C@@H]3C[C@]21OCCCCN. The molecule has 2 amide bonds. The number of hydrogen-bond acceptors (Lipinski definition) is 4. The summed E-state index contributed by atoms with van der Waals surface area (Å²) in [5.74, 6) is -0.0546. The van der Waals surface area contributed by atoms with Crippen LogP contribution < -0.4 is 11.1 Å². The van der Waals surface area contributed by atoms with Crippen molar-refractivity contribution < 1.29 is 14.3 Å². The number of fused-ring (bicyclic) bond motifs is 5. The van der Waals surface area contributed by atoms with E-state index in [1.165, 1.54) is 0 Å². The highest BCUT2D eigenvalue weighted by Gasteiger charge is 2.64. The number of halogens is 1. The average Bonchev–Trinajstić information content (AvgIpc) is 3.18. The molecule has 3 aliphatic rings. The molecule has 1 saturated carbocycles. The van der Waals surface area contributed by atoms with Crippen LogP contribution in [0.3, 0.4) is 0 Å². The lowest BCUT2D eigenvalue weighted by Crippen LogP contribution is -2.51. The van der Waals surface area contributed by atoms with E-state index in [1.807, 2.05) is 23.7 Å². The second-order valence-corrected chi connectivity index (χ2v) is 7.95. The van der Waals surface area contributed by atoms with Crippen molar-refractivity contribution in [1.29, 1.82) is 0 Å². The standard InChI is InChI=1S/C17H23BrN4O3/c1-21-14(23)8-10-15-12(9-17(10,21)25-7-3-2-6-19)22-11(16(24)20-15)4-5-13(22)18/h4-5,10,12,15H,2-3,6-9,19H2,1H3,(H,20,24)/t10-,12+,15-,17-/m0/s1. The first-order chi connectivity index (χ1) is 12.0. The first kappa shape index (κ1) is 17.1. The Bertz CT molecular complexity index is 721. The summed E-state index contributed by atoms with van der Waals surface area (Å²) in [4.78, 5) is 26.6. The number of rotatable bonds is 5. The molecule has 25 heavy (non-hydrogen) atoms. The van der Waals surface area contributed by atoms with Crippen molar-refractivity contribution in [2.24, 2.45) is 11.7 Å². The molecule has 8 heteroatoms. The van der Waals surface area contributed by atoms with E-state index in [0.29, 0.717) is 31.7 Å². The van der Waals surface area contributed by atoms with Gasteiger partial charge in [0, 0.05) is 32.4 Å². The van der Waals surface area contributed by atoms with Gasteiger partial charge in [0.25, 0.3) is 5.91 Å². The molecule has 136 valence electrons. The van der Waals surface area contributed by atoms with E-state index in [-0.39, 0.29) is 29.8 Å². The number of aromatic nitrogens is 1. The van der Waals surface area contributed by atoms with Crippen molar-refractivity contribution in [2.45, 2.75) is 43.5 Å². The van der Waals surface area contributed by atoms with E-state index in [1.54, 1.807) is 4.90 Å². The molecule has 1 aromatic rings. The molecule has 1 saturated heterocycles. The Morgan fingerprint density at radius 2 is 2.20 bits per heavy atom. The number of ether oxygens (including phenoxy) is 1. The normalized spacial score (nSPS) is 33.2. The highest BCUT2D eigenvalue weighted by atomic mass is 79.9. The summed E-state index contributed by atoms with van der Waals surface area (Å²) in [7, 11) is 1.82. The lowest BCUT2D eigenvalue weighted by atomic mass is 9.95. The quantitative estimate of drug-likeness (QED) is 0.714. The largest absolute Gasteiger partial charge is 0.355 e. The lowest BCUT2D eigenvalue weighted by molar-refractivity contribution is -0.161. The molecule has 0 radical (unpaired) electrons. The minimum atomic E-state index is -0.653. The van der Waals surface area contributed by atoms with Gasteiger partial charge in [0.1, 0.15) is 11.4 Å². The Kier molecular flexibility index (Phi) is 4.16. The van der Waals surface area contributed by atoms with Crippen LogP contribution in [0.2, 0.25) is 0 Å². The number of unbranched alkanes of at least 4 members (excludes halogenated alkanes) is 1. The third-order valence-corrected chi connectivity index (χ3v) is 6.59. The molecule has 4 rings (SSSR count). The van der Waals surface area contributed by atoms with Crippen molar-refractivity contribution in [2.75, 3.05) is 20.2 Å².